The molecular formula is C44H64N4O4. The highest BCUT2D eigenvalue weighted by Crippen LogP contribution is 2.49. The molecule has 52 heavy (non-hydrogen) atoms. The molecule has 4 aliphatic rings. The van der Waals surface area contributed by atoms with Gasteiger partial charge in [-0.05, 0) is 148 Å². The Labute approximate surface area is 313 Å². The maximum Gasteiger partial charge on any atom is 0.410 e. The average Bonchev–Trinajstić information content (AvgIpc) is 3.01. The molecule has 0 radical (unpaired) electrons. The Morgan fingerprint density at radius 1 is 0.808 bits per heavy atom. The molecule has 1 saturated carbocycles. The van der Waals surface area contributed by atoms with Crippen molar-refractivity contribution in [2.75, 3.05) is 26.2 Å². The van der Waals surface area contributed by atoms with Crippen molar-refractivity contribution in [1.29, 1.82) is 0 Å². The number of rotatable bonds is 4. The predicted octanol–water partition coefficient (Wildman–Crippen LogP) is 10.6. The summed E-state index contributed by atoms with van der Waals surface area (Å²) >= 11 is 0. The number of carbonyl (C=O) groups is 2. The van der Waals surface area contributed by atoms with Crippen LogP contribution >= 0.6 is 0 Å². The Morgan fingerprint density at radius 2 is 1.35 bits per heavy atom. The summed E-state index contributed by atoms with van der Waals surface area (Å²) in [4.78, 5) is 37.8. The smallest absolute Gasteiger partial charge is 0.410 e. The number of amides is 2. The number of allylic oxidation sites excluding steroid dienone is 3. The zero-order chi connectivity index (χ0) is 38.2. The first kappa shape index (κ1) is 39.5. The summed E-state index contributed by atoms with van der Waals surface area (Å²) in [6, 6.07) is 8.69. The number of carbonyl (C=O) groups excluding carboxylic acids is 2. The number of pyridine rings is 2. The van der Waals surface area contributed by atoms with E-state index in [1.54, 1.807) is 0 Å². The van der Waals surface area contributed by atoms with E-state index in [1.165, 1.54) is 53.8 Å². The van der Waals surface area contributed by atoms with E-state index in [4.69, 9.17) is 19.4 Å². The monoisotopic (exact) mass is 712 g/mol. The minimum absolute atomic E-state index is 0.160. The molecule has 0 bridgehead atoms. The quantitative estimate of drug-likeness (QED) is 0.314. The third-order valence-electron chi connectivity index (χ3n) is 11.1. The number of likely N-dealkylation sites (tertiary alicyclic amines) is 2. The molecule has 284 valence electrons. The molecule has 2 aliphatic heterocycles. The molecular weight excluding hydrogens is 649 g/mol. The zero-order valence-electron chi connectivity index (χ0n) is 33.9. The van der Waals surface area contributed by atoms with E-state index >= 15 is 0 Å². The number of hydrogen-bond donors (Lipinski definition) is 0. The number of ether oxygens (including phenoxy) is 2. The van der Waals surface area contributed by atoms with Crippen molar-refractivity contribution in [3.63, 3.8) is 0 Å². The van der Waals surface area contributed by atoms with Gasteiger partial charge in [0.2, 0.25) is 0 Å². The minimum atomic E-state index is -0.433. The Hall–Kier alpha value is -3.68. The molecule has 0 aromatic carbocycles. The lowest BCUT2D eigenvalue weighted by molar-refractivity contribution is -0.0507. The first-order chi connectivity index (χ1) is 24.2. The van der Waals surface area contributed by atoms with Crippen LogP contribution in [0, 0.1) is 24.7 Å². The van der Waals surface area contributed by atoms with Crippen LogP contribution < -0.4 is 0 Å². The van der Waals surface area contributed by atoms with Gasteiger partial charge in [0.15, 0.2) is 0 Å². The maximum absolute atomic E-state index is 12.2. The molecule has 2 aliphatic carbocycles. The fourth-order valence-electron chi connectivity index (χ4n) is 8.26. The Bertz CT molecular complexity index is 1670. The largest absolute Gasteiger partial charge is 0.444 e. The van der Waals surface area contributed by atoms with Crippen LogP contribution in [0.15, 0.2) is 36.9 Å². The number of aryl methyl sites for hydroxylation is 2. The Morgan fingerprint density at radius 3 is 1.83 bits per heavy atom. The van der Waals surface area contributed by atoms with E-state index in [1.807, 2.05) is 58.3 Å². The van der Waals surface area contributed by atoms with E-state index < -0.39 is 11.2 Å². The molecule has 0 atom stereocenters. The van der Waals surface area contributed by atoms with Crippen LogP contribution in [0.1, 0.15) is 153 Å². The first-order valence-corrected chi connectivity index (χ1v) is 19.4. The third-order valence-corrected chi connectivity index (χ3v) is 11.1. The highest BCUT2D eigenvalue weighted by Gasteiger charge is 2.49. The van der Waals surface area contributed by atoms with Gasteiger partial charge in [-0.15, -0.1) is 0 Å². The van der Waals surface area contributed by atoms with Gasteiger partial charge in [-0.1, -0.05) is 38.6 Å². The van der Waals surface area contributed by atoms with Gasteiger partial charge in [0.05, 0.1) is 11.4 Å². The molecule has 4 heterocycles. The second-order valence-electron chi connectivity index (χ2n) is 18.6. The van der Waals surface area contributed by atoms with Crippen LogP contribution in [0.25, 0.3) is 11.1 Å². The molecule has 2 amide bonds. The second kappa shape index (κ2) is 15.0. The standard InChI is InChI=1S/C22H34N2O2.C22H30N2O2/c2*1-15(2)19-16(3)7-8-18(23-19)17-9-11-22(12-10-17)13-24(14-22)20(25)26-21(4,5)6/h7-8,15,17H,9-14H2,1-6H3;7-9H,1,10-14H2,2-6H3. The zero-order valence-corrected chi connectivity index (χ0v) is 33.9. The van der Waals surface area contributed by atoms with E-state index in [2.05, 4.69) is 64.6 Å². The van der Waals surface area contributed by atoms with Gasteiger partial charge in [-0.2, -0.15) is 0 Å². The summed E-state index contributed by atoms with van der Waals surface area (Å²) in [6.45, 7) is 29.5. The second-order valence-corrected chi connectivity index (χ2v) is 18.6. The van der Waals surface area contributed by atoms with Gasteiger partial charge < -0.3 is 19.3 Å². The maximum atomic E-state index is 12.2. The summed E-state index contributed by atoms with van der Waals surface area (Å²) in [5, 5.41) is 0. The SMILES string of the molecule is C=C(C)c1nc(C2=CCC3(CC2)CN(C(=O)OC(C)(C)C)C3)ccc1C.Cc1ccc(C2CCC3(CC2)CN(C(=O)OC(C)(C)C)C3)nc1C(C)C. The van der Waals surface area contributed by atoms with Crippen LogP contribution in [0.4, 0.5) is 9.59 Å². The van der Waals surface area contributed by atoms with Gasteiger partial charge in [-0.3, -0.25) is 4.98 Å². The minimum Gasteiger partial charge on any atom is -0.444 e. The van der Waals surface area contributed by atoms with Gasteiger partial charge in [0.1, 0.15) is 11.2 Å². The lowest BCUT2D eigenvalue weighted by Gasteiger charge is -2.53. The lowest BCUT2D eigenvalue weighted by Crippen LogP contribution is -2.60. The van der Waals surface area contributed by atoms with E-state index in [9.17, 15) is 9.59 Å². The number of hydrogen-bond acceptors (Lipinski definition) is 6. The summed E-state index contributed by atoms with van der Waals surface area (Å²) in [6.07, 6.45) is 9.79. The summed E-state index contributed by atoms with van der Waals surface area (Å²) in [7, 11) is 0. The average molecular weight is 713 g/mol. The van der Waals surface area contributed by atoms with Crippen molar-refractivity contribution in [2.24, 2.45) is 10.8 Å². The topological polar surface area (TPSA) is 84.9 Å². The van der Waals surface area contributed by atoms with Crippen molar-refractivity contribution in [2.45, 2.75) is 144 Å². The van der Waals surface area contributed by atoms with Gasteiger partial charge >= 0.3 is 12.2 Å². The molecule has 3 fully saturated rings. The highest BCUT2D eigenvalue weighted by molar-refractivity contribution is 5.71. The Kier molecular flexibility index (Phi) is 11.4. The van der Waals surface area contributed by atoms with Gasteiger partial charge in [0.25, 0.3) is 0 Å². The Balaban J connectivity index is 0.000000201. The van der Waals surface area contributed by atoms with Crippen molar-refractivity contribution >= 4 is 23.3 Å². The van der Waals surface area contributed by atoms with Crippen molar-refractivity contribution in [3.05, 3.63) is 70.8 Å². The summed E-state index contributed by atoms with van der Waals surface area (Å²) in [5.74, 6) is 1.04. The van der Waals surface area contributed by atoms with E-state index in [0.717, 1.165) is 62.4 Å². The fraction of sp³-hybridized carbons (Fsp3) is 0.636. The molecule has 2 aromatic heterocycles. The van der Waals surface area contributed by atoms with Crippen LogP contribution in [0.3, 0.4) is 0 Å². The van der Waals surface area contributed by atoms with Crippen molar-refractivity contribution in [3.8, 4) is 0 Å². The van der Waals surface area contributed by atoms with Gasteiger partial charge in [-0.25, -0.2) is 14.6 Å². The summed E-state index contributed by atoms with van der Waals surface area (Å²) < 4.78 is 11.0. The van der Waals surface area contributed by atoms with Crippen LogP contribution in [0.2, 0.25) is 0 Å². The molecule has 2 saturated heterocycles. The van der Waals surface area contributed by atoms with Crippen molar-refractivity contribution in [1.82, 2.24) is 19.8 Å². The van der Waals surface area contributed by atoms with Crippen LogP contribution in [-0.2, 0) is 9.47 Å². The van der Waals surface area contributed by atoms with Crippen molar-refractivity contribution < 1.29 is 19.1 Å². The third kappa shape index (κ3) is 9.45. The summed E-state index contributed by atoms with van der Waals surface area (Å²) in [5.41, 5.74) is 9.04. The molecule has 0 N–H and O–H groups in total. The molecule has 2 aromatic rings. The highest BCUT2D eigenvalue weighted by atomic mass is 16.6. The van der Waals surface area contributed by atoms with E-state index in [0.29, 0.717) is 17.3 Å². The molecule has 8 heteroatoms. The first-order valence-electron chi connectivity index (χ1n) is 19.4. The van der Waals surface area contributed by atoms with Crippen LogP contribution in [0.5, 0.6) is 0 Å². The lowest BCUT2D eigenvalue weighted by atomic mass is 9.65. The fourth-order valence-corrected chi connectivity index (χ4v) is 8.26. The van der Waals surface area contributed by atoms with Crippen LogP contribution in [-0.4, -0.2) is 69.3 Å². The molecule has 2 spiro atoms. The molecule has 6 rings (SSSR count). The predicted molar refractivity (Wildman–Crippen MR) is 210 cm³/mol. The van der Waals surface area contributed by atoms with Gasteiger partial charge in [0, 0.05) is 54.3 Å². The molecule has 8 nitrogen and oxygen atoms in total. The van der Waals surface area contributed by atoms with E-state index in [-0.39, 0.29) is 17.6 Å². The molecule has 0 unspecified atom stereocenters. The normalized spacial score (nSPS) is 19.7. The number of nitrogens with zero attached hydrogens (tertiary/aromatic N) is 4. The number of aromatic nitrogens is 2.